The minimum absolute atomic E-state index is 0.761. The van der Waals surface area contributed by atoms with Crippen LogP contribution in [0.3, 0.4) is 0 Å². The number of tetrazole rings is 1. The number of hydrogen-bond acceptors (Lipinski definition) is 5. The average molecular weight is 293 g/mol. The number of hydrogen-bond donors (Lipinski definition) is 1. The zero-order valence-corrected chi connectivity index (χ0v) is 12.7. The van der Waals surface area contributed by atoms with E-state index in [1.165, 1.54) is 44.3 Å². The number of nitrogens with zero attached hydrogens (tertiary/aromatic N) is 4. The highest BCUT2D eigenvalue weighted by Crippen LogP contribution is 2.49. The molecule has 3 fully saturated rings. The molecular weight excluding hydrogens is 270 g/mol. The van der Waals surface area contributed by atoms with Crippen molar-refractivity contribution in [2.75, 3.05) is 12.3 Å². The van der Waals surface area contributed by atoms with Gasteiger partial charge in [0.1, 0.15) is 0 Å². The normalized spacial score (nSPS) is 32.1. The first-order valence-corrected chi connectivity index (χ1v) is 8.99. The fraction of sp³-hybridized carbons (Fsp3) is 0.929. The van der Waals surface area contributed by atoms with Gasteiger partial charge in [-0.25, -0.2) is 4.68 Å². The summed E-state index contributed by atoms with van der Waals surface area (Å²) in [5.41, 5.74) is 0. The van der Waals surface area contributed by atoms with Gasteiger partial charge in [0, 0.05) is 18.3 Å². The number of nitrogens with one attached hydrogen (secondary N) is 1. The lowest BCUT2D eigenvalue weighted by Gasteiger charge is -2.20. The summed E-state index contributed by atoms with van der Waals surface area (Å²) in [6.45, 7) is 1.87. The minimum atomic E-state index is 0.761. The first-order valence-electron chi connectivity index (χ1n) is 8.01. The first kappa shape index (κ1) is 13.1. The van der Waals surface area contributed by atoms with E-state index in [0.717, 1.165) is 42.0 Å². The summed E-state index contributed by atoms with van der Waals surface area (Å²) in [6, 6.07) is 0.761. The molecule has 110 valence electrons. The summed E-state index contributed by atoms with van der Waals surface area (Å²) in [7, 11) is 0. The molecule has 0 spiro atoms. The van der Waals surface area contributed by atoms with Crippen LogP contribution >= 0.6 is 11.8 Å². The molecule has 0 aliphatic heterocycles. The van der Waals surface area contributed by atoms with Crippen LogP contribution in [0.1, 0.15) is 38.5 Å². The van der Waals surface area contributed by atoms with E-state index in [2.05, 4.69) is 20.8 Å². The molecule has 3 aliphatic carbocycles. The lowest BCUT2D eigenvalue weighted by atomic mass is 9.90. The van der Waals surface area contributed by atoms with Crippen LogP contribution in [0.4, 0.5) is 0 Å². The molecule has 3 unspecified atom stereocenters. The van der Waals surface area contributed by atoms with Crippen molar-refractivity contribution in [3.8, 4) is 0 Å². The van der Waals surface area contributed by atoms with Gasteiger partial charge in [0.15, 0.2) is 0 Å². The summed E-state index contributed by atoms with van der Waals surface area (Å²) < 4.78 is 1.97. The molecule has 4 rings (SSSR count). The summed E-state index contributed by atoms with van der Waals surface area (Å²) in [5.74, 6) is 4.14. The zero-order valence-electron chi connectivity index (χ0n) is 11.9. The van der Waals surface area contributed by atoms with Crippen molar-refractivity contribution in [1.29, 1.82) is 0 Å². The molecule has 3 saturated carbocycles. The lowest BCUT2D eigenvalue weighted by Crippen LogP contribution is -2.22. The lowest BCUT2D eigenvalue weighted by molar-refractivity contribution is 0.365. The summed E-state index contributed by atoms with van der Waals surface area (Å²) in [4.78, 5) is 0. The molecule has 1 aromatic rings. The first-order chi connectivity index (χ1) is 9.88. The molecule has 1 heterocycles. The van der Waals surface area contributed by atoms with Crippen molar-refractivity contribution in [2.24, 2.45) is 17.8 Å². The van der Waals surface area contributed by atoms with Gasteiger partial charge in [-0.3, -0.25) is 0 Å². The highest BCUT2D eigenvalue weighted by Gasteiger charge is 2.39. The topological polar surface area (TPSA) is 55.6 Å². The molecule has 2 bridgehead atoms. The van der Waals surface area contributed by atoms with Gasteiger partial charge in [0.25, 0.3) is 0 Å². The van der Waals surface area contributed by atoms with Gasteiger partial charge in [-0.1, -0.05) is 18.2 Å². The van der Waals surface area contributed by atoms with Crippen LogP contribution < -0.4 is 5.32 Å². The second kappa shape index (κ2) is 5.64. The number of rotatable bonds is 7. The molecular formula is C14H23N5S. The highest BCUT2D eigenvalue weighted by atomic mass is 32.2. The van der Waals surface area contributed by atoms with E-state index in [1.807, 2.05) is 16.4 Å². The van der Waals surface area contributed by atoms with Crippen LogP contribution in [0, 0.1) is 17.8 Å². The molecule has 3 aliphatic rings. The second-order valence-corrected chi connectivity index (χ2v) is 7.65. The Hall–Kier alpha value is -0.620. The van der Waals surface area contributed by atoms with Gasteiger partial charge in [0.05, 0.1) is 6.54 Å². The van der Waals surface area contributed by atoms with Crippen LogP contribution in [0.15, 0.2) is 5.16 Å². The monoisotopic (exact) mass is 293 g/mol. The van der Waals surface area contributed by atoms with Crippen LogP contribution in [-0.4, -0.2) is 38.5 Å². The molecule has 0 radical (unpaired) electrons. The molecule has 20 heavy (non-hydrogen) atoms. The third kappa shape index (κ3) is 2.86. The molecule has 0 saturated heterocycles. The maximum Gasteiger partial charge on any atom is 0.209 e. The molecule has 1 aromatic heterocycles. The highest BCUT2D eigenvalue weighted by molar-refractivity contribution is 7.99. The number of fused-ring (bicyclic) bond motifs is 2. The van der Waals surface area contributed by atoms with Crippen molar-refractivity contribution < 1.29 is 0 Å². The van der Waals surface area contributed by atoms with Crippen molar-refractivity contribution in [2.45, 2.75) is 56.3 Å². The maximum atomic E-state index is 4.19. The maximum absolute atomic E-state index is 4.19. The molecule has 5 nitrogen and oxygen atoms in total. The van der Waals surface area contributed by atoms with E-state index < -0.39 is 0 Å². The van der Waals surface area contributed by atoms with Gasteiger partial charge in [-0.05, 0) is 60.3 Å². The van der Waals surface area contributed by atoms with Crippen LogP contribution in [0.5, 0.6) is 0 Å². The standard InChI is InChI=1S/C14H23N5S/c1-2-11-7-10(1)8-12(11)9-20-14-16-17-18-19(14)6-5-15-13-3-4-13/h10-13,15H,1-9H2. The largest absolute Gasteiger partial charge is 0.312 e. The fourth-order valence-electron chi connectivity index (χ4n) is 3.86. The summed E-state index contributed by atoms with van der Waals surface area (Å²) in [5, 5.41) is 16.7. The Kier molecular flexibility index (Phi) is 3.68. The molecule has 3 atom stereocenters. The predicted molar refractivity (Wildman–Crippen MR) is 78.5 cm³/mol. The van der Waals surface area contributed by atoms with E-state index in [9.17, 15) is 0 Å². The smallest absolute Gasteiger partial charge is 0.209 e. The Morgan fingerprint density at radius 2 is 2.15 bits per heavy atom. The Labute approximate surface area is 124 Å². The van der Waals surface area contributed by atoms with Gasteiger partial charge in [-0.15, -0.1) is 5.10 Å². The Bertz CT molecular complexity index is 458. The quantitative estimate of drug-likeness (QED) is 0.779. The number of aromatic nitrogens is 4. The third-order valence-electron chi connectivity index (χ3n) is 5.14. The van der Waals surface area contributed by atoms with Gasteiger partial charge >= 0.3 is 0 Å². The second-order valence-electron chi connectivity index (χ2n) is 6.66. The van der Waals surface area contributed by atoms with E-state index in [0.29, 0.717) is 0 Å². The Balaban J connectivity index is 1.26. The van der Waals surface area contributed by atoms with E-state index >= 15 is 0 Å². The molecule has 6 heteroatoms. The predicted octanol–water partition coefficient (Wildman–Crippen LogP) is 1.95. The summed E-state index contributed by atoms with van der Waals surface area (Å²) in [6.07, 6.45) is 8.55. The Morgan fingerprint density at radius 1 is 1.20 bits per heavy atom. The van der Waals surface area contributed by atoms with E-state index in [1.54, 1.807) is 0 Å². The zero-order chi connectivity index (χ0) is 13.4. The van der Waals surface area contributed by atoms with Crippen molar-refractivity contribution in [1.82, 2.24) is 25.5 Å². The van der Waals surface area contributed by atoms with E-state index in [4.69, 9.17) is 0 Å². The fourth-order valence-corrected chi connectivity index (χ4v) is 5.01. The van der Waals surface area contributed by atoms with Crippen LogP contribution in [0.25, 0.3) is 0 Å². The van der Waals surface area contributed by atoms with Crippen molar-refractivity contribution in [3.63, 3.8) is 0 Å². The summed E-state index contributed by atoms with van der Waals surface area (Å²) >= 11 is 1.86. The van der Waals surface area contributed by atoms with Gasteiger partial charge < -0.3 is 5.32 Å². The van der Waals surface area contributed by atoms with Gasteiger partial charge in [0.2, 0.25) is 5.16 Å². The minimum Gasteiger partial charge on any atom is -0.312 e. The number of thioether (sulfide) groups is 1. The SMILES string of the molecule is C(Cn1nnnc1SCC1CC2CCC1C2)NC1CC1. The van der Waals surface area contributed by atoms with E-state index in [-0.39, 0.29) is 0 Å². The average Bonchev–Trinajstić information content (AvgIpc) is 2.89. The van der Waals surface area contributed by atoms with Crippen LogP contribution in [0.2, 0.25) is 0 Å². The van der Waals surface area contributed by atoms with Crippen molar-refractivity contribution >= 4 is 11.8 Å². The molecule has 0 amide bonds. The van der Waals surface area contributed by atoms with Crippen LogP contribution in [-0.2, 0) is 6.54 Å². The van der Waals surface area contributed by atoms with Crippen molar-refractivity contribution in [3.05, 3.63) is 0 Å². The Morgan fingerprint density at radius 3 is 2.90 bits per heavy atom. The molecule has 0 aromatic carbocycles. The van der Waals surface area contributed by atoms with Gasteiger partial charge in [-0.2, -0.15) is 0 Å². The molecule has 1 N–H and O–H groups in total. The third-order valence-corrected chi connectivity index (χ3v) is 6.29.